The minimum absolute atomic E-state index is 0.158. The van der Waals surface area contributed by atoms with Gasteiger partial charge in [0.15, 0.2) is 6.61 Å². The maximum absolute atomic E-state index is 13.0. The van der Waals surface area contributed by atoms with E-state index in [4.69, 9.17) is 10.5 Å². The van der Waals surface area contributed by atoms with Crippen molar-refractivity contribution in [3.05, 3.63) is 59.4 Å². The largest absolute Gasteiger partial charge is 0.483 e. The van der Waals surface area contributed by atoms with E-state index in [9.17, 15) is 9.18 Å². The van der Waals surface area contributed by atoms with Crippen LogP contribution in [0.3, 0.4) is 0 Å². The predicted octanol–water partition coefficient (Wildman–Crippen LogP) is 2.61. The first-order chi connectivity index (χ1) is 10.1. The number of amides is 1. The fraction of sp³-hybridized carbons (Fsp3) is 0.188. The molecule has 0 saturated heterocycles. The zero-order chi connectivity index (χ0) is 15.2. The molecule has 0 aliphatic carbocycles. The van der Waals surface area contributed by atoms with Crippen LogP contribution in [0.1, 0.15) is 11.1 Å². The monoisotopic (exact) mass is 288 g/mol. The number of aryl methyl sites for hydroxylation is 1. The minimum atomic E-state index is -0.405. The van der Waals surface area contributed by atoms with E-state index in [-0.39, 0.29) is 12.5 Å². The third-order valence-electron chi connectivity index (χ3n) is 2.97. The van der Waals surface area contributed by atoms with Gasteiger partial charge in [-0.25, -0.2) is 4.39 Å². The summed E-state index contributed by atoms with van der Waals surface area (Å²) in [5.41, 5.74) is 7.79. The molecule has 0 fully saturated rings. The molecule has 2 aromatic rings. The number of benzene rings is 2. The van der Waals surface area contributed by atoms with E-state index >= 15 is 0 Å². The number of carbonyl (C=O) groups is 1. The minimum Gasteiger partial charge on any atom is -0.483 e. The van der Waals surface area contributed by atoms with Gasteiger partial charge in [0.05, 0.1) is 0 Å². The SMILES string of the molecule is Cc1cccc(CN)c1OCC(=O)Nc1cccc(F)c1. The van der Waals surface area contributed by atoms with Crippen molar-refractivity contribution in [1.82, 2.24) is 0 Å². The Morgan fingerprint density at radius 1 is 1.29 bits per heavy atom. The molecule has 0 aliphatic rings. The van der Waals surface area contributed by atoms with Gasteiger partial charge in [0.2, 0.25) is 0 Å². The Balaban J connectivity index is 1.99. The molecule has 0 saturated carbocycles. The van der Waals surface area contributed by atoms with Crippen LogP contribution in [0.15, 0.2) is 42.5 Å². The molecule has 0 aromatic heterocycles. The summed E-state index contributed by atoms with van der Waals surface area (Å²) in [6.07, 6.45) is 0. The highest BCUT2D eigenvalue weighted by molar-refractivity contribution is 5.91. The van der Waals surface area contributed by atoms with E-state index in [0.29, 0.717) is 18.0 Å². The van der Waals surface area contributed by atoms with Crippen LogP contribution < -0.4 is 15.8 Å². The van der Waals surface area contributed by atoms with Crippen LogP contribution in [0.25, 0.3) is 0 Å². The van der Waals surface area contributed by atoms with Gasteiger partial charge in [0.25, 0.3) is 5.91 Å². The number of para-hydroxylation sites is 1. The van der Waals surface area contributed by atoms with Gasteiger partial charge >= 0.3 is 0 Å². The maximum Gasteiger partial charge on any atom is 0.262 e. The van der Waals surface area contributed by atoms with Crippen LogP contribution in [-0.2, 0) is 11.3 Å². The second kappa shape index (κ2) is 6.85. The third-order valence-corrected chi connectivity index (χ3v) is 2.97. The lowest BCUT2D eigenvalue weighted by Crippen LogP contribution is -2.21. The van der Waals surface area contributed by atoms with Gasteiger partial charge in [-0.2, -0.15) is 0 Å². The van der Waals surface area contributed by atoms with E-state index in [2.05, 4.69) is 5.32 Å². The highest BCUT2D eigenvalue weighted by Gasteiger charge is 2.09. The lowest BCUT2D eigenvalue weighted by molar-refractivity contribution is -0.118. The first-order valence-corrected chi connectivity index (χ1v) is 6.57. The molecule has 21 heavy (non-hydrogen) atoms. The van der Waals surface area contributed by atoms with Crippen LogP contribution in [0, 0.1) is 12.7 Å². The third kappa shape index (κ3) is 4.03. The van der Waals surface area contributed by atoms with Gasteiger partial charge < -0.3 is 15.8 Å². The van der Waals surface area contributed by atoms with Crippen LogP contribution in [0.5, 0.6) is 5.75 Å². The Bertz CT molecular complexity index is 644. The Morgan fingerprint density at radius 2 is 2.05 bits per heavy atom. The summed E-state index contributed by atoms with van der Waals surface area (Å²) < 4.78 is 18.6. The molecule has 0 spiro atoms. The zero-order valence-corrected chi connectivity index (χ0v) is 11.7. The van der Waals surface area contributed by atoms with Gasteiger partial charge in [-0.3, -0.25) is 4.79 Å². The van der Waals surface area contributed by atoms with Crippen LogP contribution in [-0.4, -0.2) is 12.5 Å². The first-order valence-electron chi connectivity index (χ1n) is 6.57. The van der Waals surface area contributed by atoms with Crippen molar-refractivity contribution in [1.29, 1.82) is 0 Å². The van der Waals surface area contributed by atoms with Gasteiger partial charge in [0, 0.05) is 17.8 Å². The van der Waals surface area contributed by atoms with Gasteiger partial charge in [-0.15, -0.1) is 0 Å². The molecule has 0 atom stereocenters. The van der Waals surface area contributed by atoms with Gasteiger partial charge in [-0.1, -0.05) is 24.3 Å². The number of nitrogens with two attached hydrogens (primary N) is 1. The second-order valence-electron chi connectivity index (χ2n) is 4.61. The number of nitrogens with one attached hydrogen (secondary N) is 1. The number of rotatable bonds is 5. The second-order valence-corrected chi connectivity index (χ2v) is 4.61. The molecular formula is C16H17FN2O2. The van der Waals surface area contributed by atoms with Gasteiger partial charge in [-0.05, 0) is 30.7 Å². The summed E-state index contributed by atoms with van der Waals surface area (Å²) >= 11 is 0. The molecule has 0 radical (unpaired) electrons. The van der Waals surface area contributed by atoms with Crippen molar-refractivity contribution in [2.24, 2.45) is 5.73 Å². The standard InChI is InChI=1S/C16H17FN2O2/c1-11-4-2-5-12(9-18)16(11)21-10-15(20)19-14-7-3-6-13(17)8-14/h2-8H,9-10,18H2,1H3,(H,19,20). The molecule has 0 unspecified atom stereocenters. The molecule has 3 N–H and O–H groups in total. The number of ether oxygens (including phenoxy) is 1. The summed E-state index contributed by atoms with van der Waals surface area (Å²) in [6.45, 7) is 2.07. The Kier molecular flexibility index (Phi) is 4.90. The van der Waals surface area contributed by atoms with E-state index < -0.39 is 5.82 Å². The molecular weight excluding hydrogens is 271 g/mol. The molecule has 110 valence electrons. The molecule has 0 heterocycles. The zero-order valence-electron chi connectivity index (χ0n) is 11.7. The summed E-state index contributed by atoms with van der Waals surface area (Å²) in [5, 5.41) is 2.57. The van der Waals surface area contributed by atoms with Crippen LogP contribution in [0.4, 0.5) is 10.1 Å². The first kappa shape index (κ1) is 15.0. The lowest BCUT2D eigenvalue weighted by atomic mass is 10.1. The summed E-state index contributed by atoms with van der Waals surface area (Å²) in [7, 11) is 0. The average molecular weight is 288 g/mol. The highest BCUT2D eigenvalue weighted by Crippen LogP contribution is 2.22. The van der Waals surface area contributed by atoms with Crippen molar-refractivity contribution in [2.45, 2.75) is 13.5 Å². The van der Waals surface area contributed by atoms with E-state index in [1.54, 1.807) is 6.07 Å². The number of hydrogen-bond acceptors (Lipinski definition) is 3. The number of anilines is 1. The quantitative estimate of drug-likeness (QED) is 0.889. The smallest absolute Gasteiger partial charge is 0.262 e. The van der Waals surface area contributed by atoms with Crippen molar-refractivity contribution < 1.29 is 13.9 Å². The predicted molar refractivity (Wildman–Crippen MR) is 79.6 cm³/mol. The van der Waals surface area contributed by atoms with Crippen molar-refractivity contribution in [3.8, 4) is 5.75 Å². The molecule has 5 heteroatoms. The number of carbonyl (C=O) groups excluding carboxylic acids is 1. The normalized spacial score (nSPS) is 10.2. The van der Waals surface area contributed by atoms with Gasteiger partial charge in [0.1, 0.15) is 11.6 Å². The fourth-order valence-electron chi connectivity index (χ4n) is 1.98. The van der Waals surface area contributed by atoms with Crippen LogP contribution in [0.2, 0.25) is 0 Å². The van der Waals surface area contributed by atoms with Crippen molar-refractivity contribution in [2.75, 3.05) is 11.9 Å². The average Bonchev–Trinajstić information content (AvgIpc) is 2.45. The summed E-state index contributed by atoms with van der Waals surface area (Å²) in [4.78, 5) is 11.8. The maximum atomic E-state index is 13.0. The number of halogens is 1. The Morgan fingerprint density at radius 3 is 2.76 bits per heavy atom. The number of hydrogen-bond donors (Lipinski definition) is 2. The van der Waals surface area contributed by atoms with Crippen LogP contribution >= 0.6 is 0 Å². The van der Waals surface area contributed by atoms with Crippen molar-refractivity contribution >= 4 is 11.6 Å². The highest BCUT2D eigenvalue weighted by atomic mass is 19.1. The topological polar surface area (TPSA) is 64.3 Å². The lowest BCUT2D eigenvalue weighted by Gasteiger charge is -2.13. The summed E-state index contributed by atoms with van der Waals surface area (Å²) in [6, 6.07) is 11.3. The van der Waals surface area contributed by atoms with E-state index in [1.807, 2.05) is 25.1 Å². The fourth-order valence-corrected chi connectivity index (χ4v) is 1.98. The van der Waals surface area contributed by atoms with E-state index in [0.717, 1.165) is 11.1 Å². The molecule has 2 rings (SSSR count). The molecule has 0 bridgehead atoms. The Hall–Kier alpha value is -2.40. The molecule has 4 nitrogen and oxygen atoms in total. The van der Waals surface area contributed by atoms with Crippen molar-refractivity contribution in [3.63, 3.8) is 0 Å². The molecule has 2 aromatic carbocycles. The molecule has 0 aliphatic heterocycles. The summed E-state index contributed by atoms with van der Waals surface area (Å²) in [5.74, 6) is -0.140. The molecule has 1 amide bonds. The Labute approximate surface area is 122 Å². The van der Waals surface area contributed by atoms with E-state index in [1.165, 1.54) is 18.2 Å².